The highest BCUT2D eigenvalue weighted by molar-refractivity contribution is 6.00. The van der Waals surface area contributed by atoms with Crippen molar-refractivity contribution in [3.05, 3.63) is 34.9 Å². The van der Waals surface area contributed by atoms with Crippen LogP contribution in [0.15, 0.2) is 34.9 Å². The summed E-state index contributed by atoms with van der Waals surface area (Å²) >= 11 is 0. The van der Waals surface area contributed by atoms with Gasteiger partial charge < -0.3 is 9.47 Å². The molecule has 0 bridgehead atoms. The molecule has 0 N–H and O–H groups in total. The number of hydrogen-bond donors (Lipinski definition) is 0. The van der Waals surface area contributed by atoms with Gasteiger partial charge in [0.15, 0.2) is 5.78 Å². The van der Waals surface area contributed by atoms with Crippen LogP contribution in [0.4, 0.5) is 0 Å². The quantitative estimate of drug-likeness (QED) is 0.384. The molecule has 1 fully saturated rings. The summed E-state index contributed by atoms with van der Waals surface area (Å²) in [6.45, 7) is 9.56. The van der Waals surface area contributed by atoms with E-state index in [9.17, 15) is 14.4 Å². The molecule has 3 atom stereocenters. The van der Waals surface area contributed by atoms with Gasteiger partial charge in [0, 0.05) is 11.1 Å². The Kier molecular flexibility index (Phi) is 6.45. The van der Waals surface area contributed by atoms with Gasteiger partial charge in [0.2, 0.25) is 0 Å². The number of ketones is 1. The third-order valence-electron chi connectivity index (χ3n) is 5.75. The minimum atomic E-state index is -0.474. The van der Waals surface area contributed by atoms with E-state index in [1.54, 1.807) is 13.0 Å². The summed E-state index contributed by atoms with van der Waals surface area (Å²) in [5.74, 6) is -1.03. The van der Waals surface area contributed by atoms with Crippen LogP contribution < -0.4 is 0 Å². The van der Waals surface area contributed by atoms with Crippen LogP contribution in [0.3, 0.4) is 0 Å². The van der Waals surface area contributed by atoms with Crippen LogP contribution in [-0.4, -0.2) is 30.9 Å². The molecule has 0 aromatic rings. The average molecular weight is 374 g/mol. The summed E-state index contributed by atoms with van der Waals surface area (Å²) < 4.78 is 10.4. The van der Waals surface area contributed by atoms with E-state index in [-0.39, 0.29) is 35.4 Å². The van der Waals surface area contributed by atoms with Crippen LogP contribution in [0, 0.1) is 17.3 Å². The summed E-state index contributed by atoms with van der Waals surface area (Å²) in [5, 5.41) is 0. The van der Waals surface area contributed by atoms with E-state index >= 15 is 0 Å². The zero-order chi connectivity index (χ0) is 20.4. The molecule has 0 saturated heterocycles. The number of Topliss-reactive ketones (excluding diaryl/α,β-unsaturated/α-hetero) is 1. The van der Waals surface area contributed by atoms with Crippen molar-refractivity contribution < 1.29 is 23.9 Å². The van der Waals surface area contributed by atoms with Crippen LogP contribution in [0.2, 0.25) is 0 Å². The number of carbonyl (C=O) groups excluding carboxylic acids is 3. The van der Waals surface area contributed by atoms with E-state index in [1.165, 1.54) is 7.11 Å². The topological polar surface area (TPSA) is 69.7 Å². The highest BCUT2D eigenvalue weighted by atomic mass is 16.5. The summed E-state index contributed by atoms with van der Waals surface area (Å²) in [6.07, 6.45) is 7.07. The maximum absolute atomic E-state index is 12.7. The first kappa shape index (κ1) is 21.1. The maximum Gasteiger partial charge on any atom is 0.333 e. The van der Waals surface area contributed by atoms with Crippen molar-refractivity contribution in [2.75, 3.05) is 7.11 Å². The summed E-state index contributed by atoms with van der Waals surface area (Å²) in [5.41, 5.74) is 1.82. The van der Waals surface area contributed by atoms with Crippen molar-refractivity contribution in [1.29, 1.82) is 0 Å². The van der Waals surface area contributed by atoms with Crippen LogP contribution in [0.5, 0.6) is 0 Å². The molecule has 0 aliphatic heterocycles. The number of ether oxygens (including phenoxy) is 2. The first-order valence-electron chi connectivity index (χ1n) is 9.50. The van der Waals surface area contributed by atoms with Crippen LogP contribution >= 0.6 is 0 Å². The molecule has 2 aliphatic rings. The van der Waals surface area contributed by atoms with Crippen LogP contribution in [-0.2, 0) is 23.9 Å². The molecule has 0 aromatic carbocycles. The van der Waals surface area contributed by atoms with Crippen molar-refractivity contribution >= 4 is 17.7 Å². The van der Waals surface area contributed by atoms with Gasteiger partial charge in [-0.3, -0.25) is 9.59 Å². The Labute approximate surface area is 161 Å². The second-order valence-electron chi connectivity index (χ2n) is 7.96. The second kappa shape index (κ2) is 8.24. The van der Waals surface area contributed by atoms with Gasteiger partial charge in [0.1, 0.15) is 6.10 Å². The van der Waals surface area contributed by atoms with E-state index in [0.29, 0.717) is 12.0 Å². The first-order chi connectivity index (χ1) is 12.6. The molecule has 3 unspecified atom stereocenters. The largest absolute Gasteiger partial charge is 0.466 e. The molecule has 0 spiro atoms. The van der Waals surface area contributed by atoms with E-state index in [1.807, 2.05) is 39.8 Å². The Morgan fingerprint density at radius 2 is 1.93 bits per heavy atom. The number of methoxy groups -OCH3 is 1. The molecule has 148 valence electrons. The van der Waals surface area contributed by atoms with Gasteiger partial charge >= 0.3 is 11.9 Å². The maximum atomic E-state index is 12.7. The molecule has 0 aromatic heterocycles. The van der Waals surface area contributed by atoms with Crippen LogP contribution in [0.25, 0.3) is 0 Å². The van der Waals surface area contributed by atoms with E-state index in [4.69, 9.17) is 9.47 Å². The standard InChI is InChI=1S/C22H30O5/c1-7-8-9-10-15-14(3)18(12-17(15)23)27-21(25)19-16(22(19,4)5)11-13(2)20(24)26-6/h8-9,11,16,18-19H,7,10,12H2,1-6H3. The fraction of sp³-hybridized carbons (Fsp3) is 0.591. The highest BCUT2D eigenvalue weighted by Crippen LogP contribution is 2.60. The van der Waals surface area contributed by atoms with Crippen molar-refractivity contribution in [1.82, 2.24) is 0 Å². The van der Waals surface area contributed by atoms with Crippen molar-refractivity contribution in [3.8, 4) is 0 Å². The molecular weight excluding hydrogens is 344 g/mol. The lowest BCUT2D eigenvalue weighted by Gasteiger charge is -2.13. The van der Waals surface area contributed by atoms with Gasteiger partial charge in [-0.15, -0.1) is 0 Å². The molecule has 1 saturated carbocycles. The predicted octanol–water partition coefficient (Wildman–Crippen LogP) is 3.94. The molecule has 0 radical (unpaired) electrons. The van der Waals surface area contributed by atoms with Gasteiger partial charge in [0.05, 0.1) is 19.4 Å². The number of allylic oxidation sites excluding steroid dienone is 4. The Morgan fingerprint density at radius 1 is 1.26 bits per heavy atom. The fourth-order valence-electron chi connectivity index (χ4n) is 3.78. The molecule has 0 heterocycles. The molecule has 2 rings (SSSR count). The number of rotatable bonds is 7. The summed E-state index contributed by atoms with van der Waals surface area (Å²) in [6, 6.07) is 0. The number of hydrogen-bond acceptors (Lipinski definition) is 5. The van der Waals surface area contributed by atoms with E-state index < -0.39 is 12.1 Å². The Bertz CT molecular complexity index is 723. The van der Waals surface area contributed by atoms with Crippen molar-refractivity contribution in [3.63, 3.8) is 0 Å². The lowest BCUT2D eigenvalue weighted by Crippen LogP contribution is -2.20. The number of esters is 2. The Morgan fingerprint density at radius 3 is 2.52 bits per heavy atom. The fourth-order valence-corrected chi connectivity index (χ4v) is 3.78. The number of carbonyl (C=O) groups is 3. The molecule has 5 heteroatoms. The normalized spacial score (nSPS) is 27.3. The predicted molar refractivity (Wildman–Crippen MR) is 103 cm³/mol. The van der Waals surface area contributed by atoms with Gasteiger partial charge in [-0.05, 0) is 43.6 Å². The average Bonchev–Trinajstić information content (AvgIpc) is 3.05. The molecule has 0 amide bonds. The van der Waals surface area contributed by atoms with Gasteiger partial charge in [-0.25, -0.2) is 4.79 Å². The lowest BCUT2D eigenvalue weighted by molar-refractivity contribution is -0.150. The zero-order valence-corrected chi connectivity index (χ0v) is 17.1. The highest BCUT2D eigenvalue weighted by Gasteiger charge is 2.62. The van der Waals surface area contributed by atoms with Crippen molar-refractivity contribution in [2.24, 2.45) is 17.3 Å². The summed E-state index contributed by atoms with van der Waals surface area (Å²) in [7, 11) is 1.34. The van der Waals surface area contributed by atoms with E-state index in [0.717, 1.165) is 17.6 Å². The molecule has 5 nitrogen and oxygen atoms in total. The molecular formula is C22H30O5. The van der Waals surface area contributed by atoms with Gasteiger partial charge in [-0.1, -0.05) is 39.0 Å². The second-order valence-corrected chi connectivity index (χ2v) is 7.96. The van der Waals surface area contributed by atoms with Crippen molar-refractivity contribution in [2.45, 2.75) is 60.0 Å². The Hall–Kier alpha value is -2.17. The molecule has 2 aliphatic carbocycles. The summed E-state index contributed by atoms with van der Waals surface area (Å²) in [4.78, 5) is 36.6. The van der Waals surface area contributed by atoms with Gasteiger partial charge in [-0.2, -0.15) is 0 Å². The zero-order valence-electron chi connectivity index (χ0n) is 17.1. The van der Waals surface area contributed by atoms with Crippen LogP contribution in [0.1, 0.15) is 53.9 Å². The molecule has 27 heavy (non-hydrogen) atoms. The van der Waals surface area contributed by atoms with Gasteiger partial charge in [0.25, 0.3) is 0 Å². The third-order valence-corrected chi connectivity index (χ3v) is 5.75. The Balaban J connectivity index is 2.06. The minimum Gasteiger partial charge on any atom is -0.466 e. The SMILES string of the molecule is CCC=CCC1=C(C)C(OC(=O)C2C(C=C(C)C(=O)OC)C2(C)C)CC1=O. The monoisotopic (exact) mass is 374 g/mol. The third kappa shape index (κ3) is 4.40. The van der Waals surface area contributed by atoms with E-state index in [2.05, 4.69) is 0 Å². The first-order valence-corrected chi connectivity index (χ1v) is 9.50. The lowest BCUT2D eigenvalue weighted by atomic mass is 10.1. The minimum absolute atomic E-state index is 0.0547. The smallest absolute Gasteiger partial charge is 0.333 e.